The van der Waals surface area contributed by atoms with Crippen molar-refractivity contribution in [2.45, 2.75) is 13.8 Å². The van der Waals surface area contributed by atoms with Gasteiger partial charge in [-0.15, -0.1) is 0 Å². The summed E-state index contributed by atoms with van der Waals surface area (Å²) in [5.41, 5.74) is 2.19. The number of phenols is 1. The molecule has 0 saturated heterocycles. The zero-order valence-corrected chi connectivity index (χ0v) is 12.4. The number of phenolic OH excluding ortho intramolecular Hbond substituents is 1. The van der Waals surface area contributed by atoms with E-state index in [2.05, 4.69) is 0 Å². The molecule has 0 amide bonds. The molecule has 3 aromatic rings. The molecular formula is C18H16O4. The summed E-state index contributed by atoms with van der Waals surface area (Å²) in [5.74, 6) is 0.836. The Morgan fingerprint density at radius 1 is 1.14 bits per heavy atom. The minimum atomic E-state index is -0.399. The third-order valence-electron chi connectivity index (χ3n) is 3.61. The molecule has 0 saturated carbocycles. The molecule has 112 valence electrons. The second-order valence-corrected chi connectivity index (χ2v) is 5.03. The number of aryl methyl sites for hydroxylation is 1. The average molecular weight is 296 g/mol. The van der Waals surface area contributed by atoms with Crippen LogP contribution >= 0.6 is 0 Å². The lowest BCUT2D eigenvalue weighted by Gasteiger charge is -2.09. The second-order valence-electron chi connectivity index (χ2n) is 5.03. The van der Waals surface area contributed by atoms with Gasteiger partial charge in [0.15, 0.2) is 0 Å². The summed E-state index contributed by atoms with van der Waals surface area (Å²) in [6, 6.07) is 12.0. The van der Waals surface area contributed by atoms with Crippen LogP contribution in [0.15, 0.2) is 51.7 Å². The van der Waals surface area contributed by atoms with Crippen molar-refractivity contribution >= 4 is 11.0 Å². The van der Waals surface area contributed by atoms with Gasteiger partial charge in [-0.1, -0.05) is 12.1 Å². The molecule has 4 nitrogen and oxygen atoms in total. The van der Waals surface area contributed by atoms with E-state index in [9.17, 15) is 9.90 Å². The number of ether oxygens (including phenoxy) is 1. The van der Waals surface area contributed by atoms with E-state index in [-0.39, 0.29) is 5.75 Å². The highest BCUT2D eigenvalue weighted by Crippen LogP contribution is 2.29. The molecule has 1 aromatic heterocycles. The maximum Gasteiger partial charge on any atom is 0.344 e. The molecule has 2 aromatic carbocycles. The quantitative estimate of drug-likeness (QED) is 0.745. The topological polar surface area (TPSA) is 59.7 Å². The van der Waals surface area contributed by atoms with E-state index in [1.54, 1.807) is 30.3 Å². The molecule has 0 bridgehead atoms. The van der Waals surface area contributed by atoms with Crippen LogP contribution in [0.3, 0.4) is 0 Å². The van der Waals surface area contributed by atoms with Gasteiger partial charge in [-0.2, -0.15) is 0 Å². The molecule has 0 aliphatic heterocycles. The smallest absolute Gasteiger partial charge is 0.344 e. The molecule has 0 aliphatic carbocycles. The van der Waals surface area contributed by atoms with Crippen LogP contribution < -0.4 is 10.4 Å². The molecule has 0 spiro atoms. The van der Waals surface area contributed by atoms with Crippen molar-refractivity contribution in [1.29, 1.82) is 0 Å². The summed E-state index contributed by atoms with van der Waals surface area (Å²) in [5, 5.41) is 10.2. The van der Waals surface area contributed by atoms with Gasteiger partial charge in [0.1, 0.15) is 17.1 Å². The number of fused-ring (bicyclic) bond motifs is 1. The van der Waals surface area contributed by atoms with Crippen LogP contribution in [0.4, 0.5) is 0 Å². The molecule has 0 radical (unpaired) electrons. The van der Waals surface area contributed by atoms with Crippen molar-refractivity contribution in [2.24, 2.45) is 0 Å². The summed E-state index contributed by atoms with van der Waals surface area (Å²) >= 11 is 0. The van der Waals surface area contributed by atoms with Gasteiger partial charge in [0, 0.05) is 11.5 Å². The summed E-state index contributed by atoms with van der Waals surface area (Å²) < 4.78 is 10.9. The predicted molar refractivity (Wildman–Crippen MR) is 85.5 cm³/mol. The first-order chi connectivity index (χ1) is 10.6. The lowest BCUT2D eigenvalue weighted by Crippen LogP contribution is -2.06. The lowest BCUT2D eigenvalue weighted by molar-refractivity contribution is 0.340. The van der Waals surface area contributed by atoms with Crippen LogP contribution in [0, 0.1) is 6.92 Å². The van der Waals surface area contributed by atoms with Gasteiger partial charge in [-0.3, -0.25) is 0 Å². The molecule has 22 heavy (non-hydrogen) atoms. The van der Waals surface area contributed by atoms with Crippen LogP contribution in [-0.2, 0) is 0 Å². The van der Waals surface area contributed by atoms with Gasteiger partial charge in [0.05, 0.1) is 12.2 Å². The van der Waals surface area contributed by atoms with Crippen LogP contribution in [-0.4, -0.2) is 11.7 Å². The molecule has 3 rings (SSSR count). The SMILES string of the molecule is CCOc1ccc2c(C)c(-c3ccc(O)cc3)c(=O)oc2c1. The van der Waals surface area contributed by atoms with Crippen LogP contribution in [0.25, 0.3) is 22.1 Å². The number of rotatable bonds is 3. The van der Waals surface area contributed by atoms with Gasteiger partial charge < -0.3 is 14.3 Å². The first-order valence-corrected chi connectivity index (χ1v) is 7.10. The summed E-state index contributed by atoms with van der Waals surface area (Å²) in [6.45, 7) is 4.35. The van der Waals surface area contributed by atoms with Crippen molar-refractivity contribution in [1.82, 2.24) is 0 Å². The van der Waals surface area contributed by atoms with E-state index in [1.807, 2.05) is 26.0 Å². The molecule has 0 aliphatic rings. The highest BCUT2D eigenvalue weighted by molar-refractivity contribution is 5.87. The van der Waals surface area contributed by atoms with E-state index in [4.69, 9.17) is 9.15 Å². The highest BCUT2D eigenvalue weighted by Gasteiger charge is 2.13. The molecule has 4 heteroatoms. The summed E-state index contributed by atoms with van der Waals surface area (Å²) in [4.78, 5) is 12.3. The van der Waals surface area contributed by atoms with Crippen molar-refractivity contribution in [2.75, 3.05) is 6.61 Å². The fourth-order valence-corrected chi connectivity index (χ4v) is 2.55. The van der Waals surface area contributed by atoms with Gasteiger partial charge in [0.2, 0.25) is 0 Å². The van der Waals surface area contributed by atoms with Crippen LogP contribution in [0.1, 0.15) is 12.5 Å². The second kappa shape index (κ2) is 5.56. The zero-order valence-electron chi connectivity index (χ0n) is 12.4. The number of aromatic hydroxyl groups is 1. The molecule has 0 fully saturated rings. The highest BCUT2D eigenvalue weighted by atomic mass is 16.5. The Balaban J connectivity index is 2.22. The molecule has 0 atom stereocenters. The predicted octanol–water partition coefficient (Wildman–Crippen LogP) is 3.87. The van der Waals surface area contributed by atoms with Crippen LogP contribution in [0.5, 0.6) is 11.5 Å². The molecule has 1 heterocycles. The van der Waals surface area contributed by atoms with Gasteiger partial charge in [0.25, 0.3) is 0 Å². The monoisotopic (exact) mass is 296 g/mol. The Hall–Kier alpha value is -2.75. The first-order valence-electron chi connectivity index (χ1n) is 7.10. The fourth-order valence-electron chi connectivity index (χ4n) is 2.55. The van der Waals surface area contributed by atoms with E-state index < -0.39 is 5.63 Å². The molecule has 0 unspecified atom stereocenters. The Morgan fingerprint density at radius 3 is 2.55 bits per heavy atom. The van der Waals surface area contributed by atoms with Crippen LogP contribution in [0.2, 0.25) is 0 Å². The fraction of sp³-hybridized carbons (Fsp3) is 0.167. The molecular weight excluding hydrogens is 280 g/mol. The largest absolute Gasteiger partial charge is 0.508 e. The minimum absolute atomic E-state index is 0.160. The summed E-state index contributed by atoms with van der Waals surface area (Å²) in [6.07, 6.45) is 0. The first kappa shape index (κ1) is 14.2. The average Bonchev–Trinajstić information content (AvgIpc) is 2.49. The minimum Gasteiger partial charge on any atom is -0.508 e. The van der Waals surface area contributed by atoms with Gasteiger partial charge >= 0.3 is 5.63 Å². The van der Waals surface area contributed by atoms with Crippen molar-refractivity contribution in [3.05, 3.63) is 58.4 Å². The maximum absolute atomic E-state index is 12.3. The van der Waals surface area contributed by atoms with E-state index in [0.717, 1.165) is 16.5 Å². The van der Waals surface area contributed by atoms with Crippen molar-refractivity contribution in [3.8, 4) is 22.6 Å². The normalized spacial score (nSPS) is 10.8. The molecule has 1 N–H and O–H groups in total. The zero-order chi connectivity index (χ0) is 15.7. The standard InChI is InChI=1S/C18H16O4/c1-3-21-14-8-9-15-11(2)17(18(20)22-16(15)10-14)12-4-6-13(19)7-5-12/h4-10,19H,3H2,1-2H3. The van der Waals surface area contributed by atoms with E-state index in [1.165, 1.54) is 0 Å². The Kier molecular flexibility index (Phi) is 3.59. The number of hydrogen-bond donors (Lipinski definition) is 1. The number of benzene rings is 2. The third-order valence-corrected chi connectivity index (χ3v) is 3.61. The van der Waals surface area contributed by atoms with E-state index >= 15 is 0 Å². The van der Waals surface area contributed by atoms with Gasteiger partial charge in [-0.05, 0) is 49.2 Å². The Morgan fingerprint density at radius 2 is 1.86 bits per heavy atom. The van der Waals surface area contributed by atoms with Crippen molar-refractivity contribution in [3.63, 3.8) is 0 Å². The van der Waals surface area contributed by atoms with Gasteiger partial charge in [-0.25, -0.2) is 4.79 Å². The lowest BCUT2D eigenvalue weighted by atomic mass is 9.99. The summed E-state index contributed by atoms with van der Waals surface area (Å²) in [7, 11) is 0. The van der Waals surface area contributed by atoms with E-state index in [0.29, 0.717) is 23.5 Å². The maximum atomic E-state index is 12.3. The number of hydrogen-bond acceptors (Lipinski definition) is 4. The Labute approximate surface area is 127 Å². The van der Waals surface area contributed by atoms with Crippen molar-refractivity contribution < 1.29 is 14.3 Å². The Bertz CT molecular complexity index is 876. The third kappa shape index (κ3) is 2.44.